The van der Waals surface area contributed by atoms with Gasteiger partial charge in [-0.2, -0.15) is 4.98 Å². The molecule has 0 amide bonds. The fraction of sp³-hybridized carbons (Fsp3) is 0.615. The highest BCUT2D eigenvalue weighted by Crippen LogP contribution is 2.24. The van der Waals surface area contributed by atoms with Gasteiger partial charge in [0, 0.05) is 18.9 Å². The second kappa shape index (κ2) is 8.06. The standard InChI is InChI=1S/C13H20N2O4S/c1-4-19-7-10(9(2)3)15-6-5-11(16)14-13(15)20-8-12(17)18/h5-6,9-10H,4,7-8H2,1-3H3,(H,17,18). The van der Waals surface area contributed by atoms with Gasteiger partial charge in [-0.25, -0.2) is 0 Å². The minimum Gasteiger partial charge on any atom is -0.481 e. The van der Waals surface area contributed by atoms with E-state index in [9.17, 15) is 9.59 Å². The van der Waals surface area contributed by atoms with Crippen LogP contribution in [-0.4, -0.2) is 39.6 Å². The molecule has 0 aliphatic rings. The van der Waals surface area contributed by atoms with Gasteiger partial charge in [0.2, 0.25) is 0 Å². The number of aromatic nitrogens is 2. The van der Waals surface area contributed by atoms with Crippen molar-refractivity contribution in [2.24, 2.45) is 5.92 Å². The lowest BCUT2D eigenvalue weighted by atomic mass is 10.1. The number of carbonyl (C=O) groups is 1. The SMILES string of the molecule is CCOCC(C(C)C)n1ccc(=O)nc1SCC(=O)O. The number of aliphatic carboxylic acids is 1. The Kier molecular flexibility index (Phi) is 6.74. The number of carboxylic acid groups (broad SMARTS) is 1. The highest BCUT2D eigenvalue weighted by atomic mass is 32.2. The summed E-state index contributed by atoms with van der Waals surface area (Å²) in [7, 11) is 0. The molecule has 7 heteroatoms. The molecule has 0 aromatic carbocycles. The number of rotatable bonds is 8. The third-order valence-corrected chi connectivity index (χ3v) is 3.70. The van der Waals surface area contributed by atoms with E-state index in [1.165, 1.54) is 6.07 Å². The molecular weight excluding hydrogens is 280 g/mol. The fourth-order valence-corrected chi connectivity index (χ4v) is 2.47. The number of ether oxygens (including phenoxy) is 1. The van der Waals surface area contributed by atoms with E-state index in [4.69, 9.17) is 9.84 Å². The molecule has 0 aliphatic carbocycles. The quantitative estimate of drug-likeness (QED) is 0.581. The van der Waals surface area contributed by atoms with Crippen LogP contribution < -0.4 is 5.56 Å². The molecule has 112 valence electrons. The average Bonchev–Trinajstić information content (AvgIpc) is 2.38. The number of nitrogens with zero attached hydrogens (tertiary/aromatic N) is 2. The maximum atomic E-state index is 11.4. The summed E-state index contributed by atoms with van der Waals surface area (Å²) in [4.78, 5) is 26.0. The van der Waals surface area contributed by atoms with E-state index in [1.807, 2.05) is 25.3 Å². The molecule has 6 nitrogen and oxygen atoms in total. The van der Waals surface area contributed by atoms with Crippen molar-refractivity contribution >= 4 is 17.7 Å². The molecule has 1 aromatic rings. The first kappa shape index (κ1) is 16.7. The van der Waals surface area contributed by atoms with E-state index in [-0.39, 0.29) is 23.3 Å². The summed E-state index contributed by atoms with van der Waals surface area (Å²) in [5.41, 5.74) is -0.368. The summed E-state index contributed by atoms with van der Waals surface area (Å²) in [6, 6.07) is 1.39. The first-order chi connectivity index (χ1) is 9.45. The highest BCUT2D eigenvalue weighted by molar-refractivity contribution is 7.99. The summed E-state index contributed by atoms with van der Waals surface area (Å²) >= 11 is 1.05. The van der Waals surface area contributed by atoms with Crippen LogP contribution >= 0.6 is 11.8 Å². The predicted molar refractivity (Wildman–Crippen MR) is 77.2 cm³/mol. The minimum absolute atomic E-state index is 0.0133. The summed E-state index contributed by atoms with van der Waals surface area (Å²) in [6.45, 7) is 7.12. The van der Waals surface area contributed by atoms with Gasteiger partial charge in [-0.3, -0.25) is 9.59 Å². The van der Waals surface area contributed by atoms with Crippen LogP contribution in [0.5, 0.6) is 0 Å². The summed E-state index contributed by atoms with van der Waals surface area (Å²) in [5, 5.41) is 9.18. The van der Waals surface area contributed by atoms with E-state index < -0.39 is 5.97 Å². The van der Waals surface area contributed by atoms with Gasteiger partial charge >= 0.3 is 5.97 Å². The van der Waals surface area contributed by atoms with Crippen molar-refractivity contribution in [2.45, 2.75) is 32.0 Å². The Labute approximate surface area is 122 Å². The van der Waals surface area contributed by atoms with Gasteiger partial charge in [-0.1, -0.05) is 25.6 Å². The lowest BCUT2D eigenvalue weighted by Gasteiger charge is -2.25. The average molecular weight is 300 g/mol. The van der Waals surface area contributed by atoms with Gasteiger partial charge in [0.25, 0.3) is 5.56 Å². The van der Waals surface area contributed by atoms with Crippen LogP contribution in [0.15, 0.2) is 22.2 Å². The van der Waals surface area contributed by atoms with Crippen LogP contribution in [0.1, 0.15) is 26.8 Å². The minimum atomic E-state index is -0.939. The molecule has 1 rings (SSSR count). The normalized spacial score (nSPS) is 12.6. The largest absolute Gasteiger partial charge is 0.481 e. The molecule has 1 aromatic heterocycles. The number of hydrogen-bond donors (Lipinski definition) is 1. The number of carboxylic acids is 1. The molecule has 1 atom stereocenters. The van der Waals surface area contributed by atoms with Crippen LogP contribution in [0.4, 0.5) is 0 Å². The second-order valence-electron chi connectivity index (χ2n) is 4.61. The van der Waals surface area contributed by atoms with Crippen LogP contribution in [-0.2, 0) is 9.53 Å². The van der Waals surface area contributed by atoms with Crippen molar-refractivity contribution < 1.29 is 14.6 Å². The topological polar surface area (TPSA) is 81.4 Å². The Balaban J connectivity index is 3.05. The van der Waals surface area contributed by atoms with E-state index in [1.54, 1.807) is 6.20 Å². The second-order valence-corrected chi connectivity index (χ2v) is 5.55. The number of thioether (sulfide) groups is 1. The molecule has 0 saturated heterocycles. The van der Waals surface area contributed by atoms with Gasteiger partial charge in [-0.05, 0) is 12.8 Å². The molecule has 0 radical (unpaired) electrons. The van der Waals surface area contributed by atoms with Gasteiger partial charge in [-0.15, -0.1) is 0 Å². The van der Waals surface area contributed by atoms with Crippen LogP contribution in [0.2, 0.25) is 0 Å². The van der Waals surface area contributed by atoms with E-state index in [0.29, 0.717) is 18.4 Å². The van der Waals surface area contributed by atoms with E-state index >= 15 is 0 Å². The van der Waals surface area contributed by atoms with E-state index in [2.05, 4.69) is 4.98 Å². The first-order valence-corrected chi connectivity index (χ1v) is 7.45. The first-order valence-electron chi connectivity index (χ1n) is 6.47. The van der Waals surface area contributed by atoms with Crippen molar-refractivity contribution in [3.05, 3.63) is 22.6 Å². The Hall–Kier alpha value is -1.34. The maximum Gasteiger partial charge on any atom is 0.313 e. The molecule has 1 N–H and O–H groups in total. The fourth-order valence-electron chi connectivity index (χ4n) is 1.72. The van der Waals surface area contributed by atoms with Gasteiger partial charge in [0.1, 0.15) is 0 Å². The molecule has 0 spiro atoms. The highest BCUT2D eigenvalue weighted by Gasteiger charge is 2.19. The van der Waals surface area contributed by atoms with Crippen molar-refractivity contribution in [2.75, 3.05) is 19.0 Å². The Morgan fingerprint density at radius 1 is 1.55 bits per heavy atom. The van der Waals surface area contributed by atoms with Gasteiger partial charge in [0.05, 0.1) is 18.4 Å². The Morgan fingerprint density at radius 2 is 2.25 bits per heavy atom. The molecule has 0 saturated carbocycles. The van der Waals surface area contributed by atoms with Crippen molar-refractivity contribution in [3.63, 3.8) is 0 Å². The zero-order valence-corrected chi connectivity index (χ0v) is 12.7. The monoisotopic (exact) mass is 300 g/mol. The lowest BCUT2D eigenvalue weighted by molar-refractivity contribution is -0.133. The lowest BCUT2D eigenvalue weighted by Crippen LogP contribution is -2.25. The molecule has 1 unspecified atom stereocenters. The molecule has 0 bridgehead atoms. The van der Waals surface area contributed by atoms with Crippen molar-refractivity contribution in [1.82, 2.24) is 9.55 Å². The summed E-state index contributed by atoms with van der Waals surface area (Å²) in [6.07, 6.45) is 1.66. The maximum absolute atomic E-state index is 11.4. The number of hydrogen-bond acceptors (Lipinski definition) is 5. The van der Waals surface area contributed by atoms with E-state index in [0.717, 1.165) is 11.8 Å². The Morgan fingerprint density at radius 3 is 2.80 bits per heavy atom. The third kappa shape index (κ3) is 4.97. The van der Waals surface area contributed by atoms with Gasteiger partial charge in [0.15, 0.2) is 5.16 Å². The van der Waals surface area contributed by atoms with Gasteiger partial charge < -0.3 is 14.4 Å². The zero-order valence-electron chi connectivity index (χ0n) is 11.9. The van der Waals surface area contributed by atoms with Crippen LogP contribution in [0.3, 0.4) is 0 Å². The molecule has 0 aliphatic heterocycles. The smallest absolute Gasteiger partial charge is 0.313 e. The molecular formula is C13H20N2O4S. The molecule has 0 fully saturated rings. The zero-order chi connectivity index (χ0) is 15.1. The summed E-state index contributed by atoms with van der Waals surface area (Å²) in [5.74, 6) is -0.795. The summed E-state index contributed by atoms with van der Waals surface area (Å²) < 4.78 is 7.30. The molecule has 1 heterocycles. The van der Waals surface area contributed by atoms with Crippen molar-refractivity contribution in [3.8, 4) is 0 Å². The Bertz CT molecular complexity index is 501. The molecule has 20 heavy (non-hydrogen) atoms. The predicted octanol–water partition coefficient (Wildman–Crippen LogP) is 1.65. The van der Waals surface area contributed by atoms with Crippen LogP contribution in [0.25, 0.3) is 0 Å². The van der Waals surface area contributed by atoms with Crippen LogP contribution in [0, 0.1) is 5.92 Å². The van der Waals surface area contributed by atoms with Crippen molar-refractivity contribution in [1.29, 1.82) is 0 Å². The third-order valence-electron chi connectivity index (χ3n) is 2.75.